The largest absolute Gasteiger partial charge is 0.312 e. The van der Waals surface area contributed by atoms with E-state index in [4.69, 9.17) is 0 Å². The first-order chi connectivity index (χ1) is 9.88. The van der Waals surface area contributed by atoms with Crippen LogP contribution in [0.5, 0.6) is 0 Å². The lowest BCUT2D eigenvalue weighted by molar-refractivity contribution is 0.332. The lowest BCUT2D eigenvalue weighted by atomic mass is 10.1. The van der Waals surface area contributed by atoms with Crippen molar-refractivity contribution in [1.29, 1.82) is 0 Å². The topological polar surface area (TPSA) is 15.3 Å². The van der Waals surface area contributed by atoms with Crippen LogP contribution in [0.3, 0.4) is 0 Å². The van der Waals surface area contributed by atoms with Crippen LogP contribution in [0.2, 0.25) is 0 Å². The minimum Gasteiger partial charge on any atom is -0.312 e. The average molecular weight is 288 g/mol. The van der Waals surface area contributed by atoms with Gasteiger partial charge in [0.25, 0.3) is 0 Å². The second kappa shape index (κ2) is 6.70. The molecule has 3 heteroatoms. The van der Waals surface area contributed by atoms with Crippen LogP contribution in [0.1, 0.15) is 36.6 Å². The summed E-state index contributed by atoms with van der Waals surface area (Å²) in [5.74, 6) is 0. The van der Waals surface area contributed by atoms with Crippen molar-refractivity contribution in [3.05, 3.63) is 34.7 Å². The van der Waals surface area contributed by atoms with E-state index in [0.29, 0.717) is 0 Å². The van der Waals surface area contributed by atoms with Crippen LogP contribution in [0.15, 0.2) is 24.3 Å². The molecule has 1 N–H and O–H groups in total. The average Bonchev–Trinajstić information content (AvgIpc) is 3.09. The zero-order valence-electron chi connectivity index (χ0n) is 12.3. The second-order valence-corrected chi connectivity index (χ2v) is 6.80. The Morgan fingerprint density at radius 3 is 2.80 bits per heavy atom. The van der Waals surface area contributed by atoms with Gasteiger partial charge in [-0.1, -0.05) is 25.1 Å². The normalized spacial score (nSPS) is 16.2. The number of hydrogen-bond donors (Lipinski definition) is 1. The molecule has 108 valence electrons. The lowest BCUT2D eigenvalue weighted by Gasteiger charge is -2.15. The maximum atomic E-state index is 3.57. The molecule has 2 nitrogen and oxygen atoms in total. The predicted molar refractivity (Wildman–Crippen MR) is 88.3 cm³/mol. The molecule has 0 saturated carbocycles. The van der Waals surface area contributed by atoms with Crippen molar-refractivity contribution in [1.82, 2.24) is 10.2 Å². The second-order valence-electron chi connectivity index (χ2n) is 5.66. The number of nitrogens with one attached hydrogen (secondary N) is 1. The highest BCUT2D eigenvalue weighted by atomic mass is 32.1. The van der Waals surface area contributed by atoms with Gasteiger partial charge in [0, 0.05) is 22.7 Å². The van der Waals surface area contributed by atoms with Gasteiger partial charge >= 0.3 is 0 Å². The Bertz CT molecular complexity index is 555. The van der Waals surface area contributed by atoms with Gasteiger partial charge in [0.05, 0.1) is 0 Å². The molecule has 0 bridgehead atoms. The van der Waals surface area contributed by atoms with Gasteiger partial charge in [-0.3, -0.25) is 4.90 Å². The highest BCUT2D eigenvalue weighted by molar-refractivity contribution is 7.19. The van der Waals surface area contributed by atoms with E-state index in [1.807, 2.05) is 11.3 Å². The van der Waals surface area contributed by atoms with Crippen molar-refractivity contribution in [2.45, 2.75) is 39.3 Å². The van der Waals surface area contributed by atoms with E-state index in [1.165, 1.54) is 47.3 Å². The monoisotopic (exact) mass is 288 g/mol. The van der Waals surface area contributed by atoms with Crippen molar-refractivity contribution in [3.63, 3.8) is 0 Å². The van der Waals surface area contributed by atoms with Gasteiger partial charge in [-0.15, -0.1) is 11.3 Å². The minimum absolute atomic E-state index is 1.02. The van der Waals surface area contributed by atoms with Crippen LogP contribution in [-0.4, -0.2) is 24.5 Å². The Kier molecular flexibility index (Phi) is 4.71. The molecule has 1 aromatic carbocycles. The molecule has 0 atom stereocenters. The third kappa shape index (κ3) is 3.05. The van der Waals surface area contributed by atoms with Crippen molar-refractivity contribution in [3.8, 4) is 0 Å². The molecule has 20 heavy (non-hydrogen) atoms. The van der Waals surface area contributed by atoms with Crippen LogP contribution in [-0.2, 0) is 13.1 Å². The summed E-state index contributed by atoms with van der Waals surface area (Å²) in [6, 6.07) is 8.88. The van der Waals surface area contributed by atoms with Gasteiger partial charge < -0.3 is 5.32 Å². The summed E-state index contributed by atoms with van der Waals surface area (Å²) in [6.45, 7) is 8.03. The molecule has 2 heterocycles. The van der Waals surface area contributed by atoms with Crippen LogP contribution in [0.25, 0.3) is 10.1 Å². The summed E-state index contributed by atoms with van der Waals surface area (Å²) >= 11 is 1.97. The highest BCUT2D eigenvalue weighted by Gasteiger charge is 2.17. The molecule has 0 radical (unpaired) electrons. The summed E-state index contributed by atoms with van der Waals surface area (Å²) in [7, 11) is 0. The van der Waals surface area contributed by atoms with Gasteiger partial charge in [0.2, 0.25) is 0 Å². The zero-order chi connectivity index (χ0) is 13.8. The van der Waals surface area contributed by atoms with Crippen LogP contribution in [0, 0.1) is 0 Å². The third-order valence-corrected chi connectivity index (χ3v) is 5.29. The van der Waals surface area contributed by atoms with Gasteiger partial charge in [0.15, 0.2) is 0 Å². The number of benzene rings is 1. The molecule has 0 spiro atoms. The molecular formula is C17H24N2S. The van der Waals surface area contributed by atoms with E-state index < -0.39 is 0 Å². The molecule has 0 unspecified atom stereocenters. The summed E-state index contributed by atoms with van der Waals surface area (Å²) in [4.78, 5) is 4.14. The molecule has 3 rings (SSSR count). The quantitative estimate of drug-likeness (QED) is 0.808. The van der Waals surface area contributed by atoms with Crippen LogP contribution in [0.4, 0.5) is 0 Å². The molecule has 1 fully saturated rings. The molecule has 1 aliphatic heterocycles. The Hall–Kier alpha value is -0.900. The van der Waals surface area contributed by atoms with Gasteiger partial charge in [-0.05, 0) is 55.9 Å². The number of rotatable bonds is 6. The van der Waals surface area contributed by atoms with E-state index in [-0.39, 0.29) is 0 Å². The fourth-order valence-electron chi connectivity index (χ4n) is 3.01. The Labute approximate surface area is 125 Å². The SMILES string of the molecule is CCCNCc1sc2ccccc2c1CN1CCCC1. The van der Waals surface area contributed by atoms with E-state index >= 15 is 0 Å². The number of hydrogen-bond acceptors (Lipinski definition) is 3. The fourth-order valence-corrected chi connectivity index (χ4v) is 4.19. The first-order valence-corrected chi connectivity index (χ1v) is 8.62. The third-order valence-electron chi connectivity index (χ3n) is 4.07. The summed E-state index contributed by atoms with van der Waals surface area (Å²) in [5, 5.41) is 5.04. The molecule has 1 saturated heterocycles. The lowest BCUT2D eigenvalue weighted by Crippen LogP contribution is -2.20. The molecule has 2 aromatic rings. The molecule has 0 amide bonds. The Morgan fingerprint density at radius 1 is 1.20 bits per heavy atom. The predicted octanol–water partition coefficient (Wildman–Crippen LogP) is 4.00. The van der Waals surface area contributed by atoms with E-state index in [0.717, 1.165) is 19.6 Å². The first-order valence-electron chi connectivity index (χ1n) is 7.81. The van der Waals surface area contributed by atoms with Gasteiger partial charge in [0.1, 0.15) is 0 Å². The smallest absolute Gasteiger partial charge is 0.0349 e. The maximum absolute atomic E-state index is 3.57. The summed E-state index contributed by atoms with van der Waals surface area (Å²) in [6.07, 6.45) is 3.93. The number of fused-ring (bicyclic) bond motifs is 1. The Balaban J connectivity index is 1.86. The molecule has 1 aromatic heterocycles. The highest BCUT2D eigenvalue weighted by Crippen LogP contribution is 2.32. The van der Waals surface area contributed by atoms with E-state index in [9.17, 15) is 0 Å². The van der Waals surface area contributed by atoms with E-state index in [1.54, 1.807) is 5.56 Å². The summed E-state index contributed by atoms with van der Waals surface area (Å²) < 4.78 is 1.44. The number of thiophene rings is 1. The van der Waals surface area contributed by atoms with Crippen LogP contribution < -0.4 is 5.32 Å². The maximum Gasteiger partial charge on any atom is 0.0349 e. The Morgan fingerprint density at radius 2 is 2.00 bits per heavy atom. The first kappa shape index (κ1) is 14.1. The summed E-state index contributed by atoms with van der Waals surface area (Å²) in [5.41, 5.74) is 1.57. The standard InChI is InChI=1S/C17H24N2S/c1-2-9-18-12-17-15(13-19-10-5-6-11-19)14-7-3-4-8-16(14)20-17/h3-4,7-8,18H,2,5-6,9-13H2,1H3. The van der Waals surface area contributed by atoms with Gasteiger partial charge in [-0.25, -0.2) is 0 Å². The fraction of sp³-hybridized carbons (Fsp3) is 0.529. The van der Waals surface area contributed by atoms with Crippen molar-refractivity contribution in [2.24, 2.45) is 0 Å². The number of nitrogens with zero attached hydrogens (tertiary/aromatic N) is 1. The van der Waals surface area contributed by atoms with Gasteiger partial charge in [-0.2, -0.15) is 0 Å². The van der Waals surface area contributed by atoms with Crippen LogP contribution >= 0.6 is 11.3 Å². The molecule has 1 aliphatic rings. The molecular weight excluding hydrogens is 264 g/mol. The number of likely N-dealkylation sites (tertiary alicyclic amines) is 1. The minimum atomic E-state index is 1.02. The zero-order valence-corrected chi connectivity index (χ0v) is 13.1. The van der Waals surface area contributed by atoms with Crippen molar-refractivity contribution >= 4 is 21.4 Å². The van der Waals surface area contributed by atoms with Crippen molar-refractivity contribution in [2.75, 3.05) is 19.6 Å². The van der Waals surface area contributed by atoms with E-state index in [2.05, 4.69) is 41.4 Å². The van der Waals surface area contributed by atoms with Crippen molar-refractivity contribution < 1.29 is 0 Å². The molecule has 0 aliphatic carbocycles.